The molecule has 40 heavy (non-hydrogen) atoms. The molecule has 1 atom stereocenters. The number of rotatable bonds is 12. The van der Waals surface area contributed by atoms with Crippen LogP contribution in [0, 0.1) is 0 Å². The van der Waals surface area contributed by atoms with Crippen LogP contribution in [0.2, 0.25) is 0 Å². The van der Waals surface area contributed by atoms with Crippen LogP contribution in [0.25, 0.3) is 28.2 Å². The largest absolute Gasteiger partial charge is 0.439 e. The van der Waals surface area contributed by atoms with Gasteiger partial charge < -0.3 is 5.11 Å². The first kappa shape index (κ1) is 27.3. The lowest BCUT2D eigenvalue weighted by Gasteiger charge is -2.23. The van der Waals surface area contributed by atoms with Gasteiger partial charge in [0.1, 0.15) is 5.65 Å². The van der Waals surface area contributed by atoms with Crippen molar-refractivity contribution < 1.29 is 14.0 Å². The van der Waals surface area contributed by atoms with E-state index in [0.717, 1.165) is 35.1 Å². The molecule has 208 valence electrons. The molecule has 3 heterocycles. The van der Waals surface area contributed by atoms with E-state index in [1.54, 1.807) is 21.3 Å². The highest BCUT2D eigenvalue weighted by Gasteiger charge is 2.22. The topological polar surface area (TPSA) is 118 Å². The van der Waals surface area contributed by atoms with E-state index in [9.17, 15) is 19.1 Å². The second-order valence-corrected chi connectivity index (χ2v) is 9.81. The van der Waals surface area contributed by atoms with Crippen LogP contribution in [0.15, 0.2) is 74.9 Å². The summed E-state index contributed by atoms with van der Waals surface area (Å²) in [6, 6.07) is 17.0. The van der Waals surface area contributed by atoms with E-state index in [2.05, 4.69) is 22.2 Å². The van der Waals surface area contributed by atoms with E-state index in [4.69, 9.17) is 4.52 Å². The zero-order valence-electron chi connectivity index (χ0n) is 22.3. The Morgan fingerprint density at radius 2 is 1.82 bits per heavy atom. The normalized spacial score (nSPS) is 12.3. The van der Waals surface area contributed by atoms with Gasteiger partial charge in [0, 0.05) is 36.3 Å². The average molecular weight is 546 g/mol. The Morgan fingerprint density at radius 3 is 2.50 bits per heavy atom. The van der Waals surface area contributed by atoms with Gasteiger partial charge in [0.05, 0.1) is 18.6 Å². The van der Waals surface area contributed by atoms with Crippen LogP contribution in [0.1, 0.15) is 55.5 Å². The van der Waals surface area contributed by atoms with Gasteiger partial charge in [-0.15, -0.1) is 0 Å². The maximum absolute atomic E-state index is 14.1. The molecule has 0 amide bonds. The van der Waals surface area contributed by atoms with Crippen LogP contribution in [-0.4, -0.2) is 42.7 Å². The fourth-order valence-electron chi connectivity index (χ4n) is 5.39. The van der Waals surface area contributed by atoms with Gasteiger partial charge in [0.25, 0.3) is 5.56 Å². The zero-order chi connectivity index (χ0) is 28.1. The van der Waals surface area contributed by atoms with Crippen molar-refractivity contribution in [3.63, 3.8) is 0 Å². The third-order valence-corrected chi connectivity index (χ3v) is 7.22. The van der Waals surface area contributed by atoms with Crippen LogP contribution >= 0.6 is 0 Å². The molecule has 0 spiro atoms. The molecule has 0 saturated heterocycles. The number of aromatic nitrogens is 5. The fraction of sp³-hybridized carbons (Fsp3) is 0.333. The highest BCUT2D eigenvalue weighted by molar-refractivity contribution is 5.80. The third-order valence-electron chi connectivity index (χ3n) is 7.22. The van der Waals surface area contributed by atoms with E-state index in [0.29, 0.717) is 48.4 Å². The SMILES string of the molecule is CCCC(CCO)n1c(=O)c(Cc2ccc(-c3ccccc3-c3noc(=O)[nH]3)cc2)c(CCCF)n2nccc12. The molecule has 10 heteroatoms. The number of benzene rings is 2. The monoisotopic (exact) mass is 545 g/mol. The number of H-pyrrole nitrogens is 1. The van der Waals surface area contributed by atoms with Crippen molar-refractivity contribution in [3.05, 3.63) is 98.5 Å². The minimum absolute atomic E-state index is 0.0263. The number of halogens is 1. The van der Waals surface area contributed by atoms with Crippen LogP contribution in [-0.2, 0) is 12.8 Å². The summed E-state index contributed by atoms with van der Waals surface area (Å²) in [4.78, 5) is 28.2. The van der Waals surface area contributed by atoms with Gasteiger partial charge in [-0.1, -0.05) is 67.0 Å². The maximum Gasteiger partial charge on any atom is 0.439 e. The van der Waals surface area contributed by atoms with Gasteiger partial charge in [0.2, 0.25) is 0 Å². The summed E-state index contributed by atoms with van der Waals surface area (Å²) in [7, 11) is 0. The molecular weight excluding hydrogens is 513 g/mol. The quantitative estimate of drug-likeness (QED) is 0.234. The Kier molecular flexibility index (Phi) is 8.35. The molecule has 0 aliphatic rings. The summed E-state index contributed by atoms with van der Waals surface area (Å²) in [5.41, 5.74) is 5.25. The molecule has 1 unspecified atom stereocenters. The van der Waals surface area contributed by atoms with Crippen molar-refractivity contribution in [2.75, 3.05) is 13.3 Å². The maximum atomic E-state index is 14.1. The molecule has 0 aliphatic carbocycles. The van der Waals surface area contributed by atoms with Gasteiger partial charge in [-0.2, -0.15) is 5.10 Å². The van der Waals surface area contributed by atoms with Gasteiger partial charge >= 0.3 is 5.76 Å². The summed E-state index contributed by atoms with van der Waals surface area (Å²) in [6.45, 7) is 1.54. The molecule has 5 aromatic rings. The van der Waals surface area contributed by atoms with Crippen LogP contribution in [0.4, 0.5) is 4.39 Å². The second kappa shape index (κ2) is 12.3. The lowest BCUT2D eigenvalue weighted by Crippen LogP contribution is -2.32. The number of hydrogen-bond acceptors (Lipinski definition) is 6. The summed E-state index contributed by atoms with van der Waals surface area (Å²) >= 11 is 0. The van der Waals surface area contributed by atoms with Crippen molar-refractivity contribution in [2.45, 2.75) is 51.5 Å². The smallest absolute Gasteiger partial charge is 0.396 e. The lowest BCUT2D eigenvalue weighted by molar-refractivity contribution is 0.251. The van der Waals surface area contributed by atoms with Gasteiger partial charge in [-0.05, 0) is 42.4 Å². The van der Waals surface area contributed by atoms with Gasteiger partial charge in [0.15, 0.2) is 5.82 Å². The number of aryl methyl sites for hydroxylation is 1. The average Bonchev–Trinajstić information content (AvgIpc) is 3.63. The second-order valence-electron chi connectivity index (χ2n) is 9.81. The Bertz CT molecular complexity index is 1690. The van der Waals surface area contributed by atoms with Crippen molar-refractivity contribution in [3.8, 4) is 22.5 Å². The number of hydrogen-bond donors (Lipinski definition) is 2. The number of nitrogens with one attached hydrogen (secondary N) is 1. The molecular formula is C30H32FN5O4. The zero-order valence-corrected chi connectivity index (χ0v) is 22.3. The molecule has 2 N–H and O–H groups in total. The lowest BCUT2D eigenvalue weighted by atomic mass is 9.96. The van der Waals surface area contributed by atoms with E-state index >= 15 is 0 Å². The van der Waals surface area contributed by atoms with Crippen molar-refractivity contribution in [1.29, 1.82) is 0 Å². The molecule has 2 aromatic carbocycles. The Labute approximate surface area is 229 Å². The van der Waals surface area contributed by atoms with Crippen LogP contribution in [0.5, 0.6) is 0 Å². The summed E-state index contributed by atoms with van der Waals surface area (Å²) in [6.07, 6.45) is 4.76. The van der Waals surface area contributed by atoms with Crippen molar-refractivity contribution in [1.82, 2.24) is 24.3 Å². The number of nitrogens with zero attached hydrogens (tertiary/aromatic N) is 4. The van der Waals surface area contributed by atoms with Crippen molar-refractivity contribution in [2.24, 2.45) is 0 Å². The highest BCUT2D eigenvalue weighted by Crippen LogP contribution is 2.30. The standard InChI is InChI=1S/C30H32FN5O4/c1-2-6-22(15-18-37)35-27-14-17-32-36(27)26(9-5-16-31)25(29(35)38)19-20-10-12-21(13-11-20)23-7-3-4-8-24(23)28-33-30(39)40-34-28/h3-4,7-8,10-14,17,22,37H,2,5-6,9,15-16,18-19H2,1H3,(H,33,34,39). The first-order chi connectivity index (χ1) is 19.5. The number of aromatic amines is 1. The highest BCUT2D eigenvalue weighted by atomic mass is 19.1. The van der Waals surface area contributed by atoms with Crippen LogP contribution in [0.3, 0.4) is 0 Å². The number of fused-ring (bicyclic) bond motifs is 1. The first-order valence-electron chi connectivity index (χ1n) is 13.6. The number of alkyl halides is 1. The number of aliphatic hydroxyl groups excluding tert-OH is 1. The van der Waals surface area contributed by atoms with Crippen LogP contribution < -0.4 is 11.3 Å². The molecule has 0 bridgehead atoms. The Balaban J connectivity index is 1.56. The third kappa shape index (κ3) is 5.40. The van der Waals surface area contributed by atoms with Crippen molar-refractivity contribution >= 4 is 5.65 Å². The minimum atomic E-state index is -0.622. The molecule has 3 aromatic heterocycles. The van der Waals surface area contributed by atoms with Gasteiger partial charge in [-0.25, -0.2) is 9.31 Å². The summed E-state index contributed by atoms with van der Waals surface area (Å²) < 4.78 is 21.5. The number of aliphatic hydroxyl groups is 1. The van der Waals surface area contributed by atoms with E-state index in [1.807, 2.05) is 48.5 Å². The van der Waals surface area contributed by atoms with E-state index < -0.39 is 12.4 Å². The van der Waals surface area contributed by atoms with Gasteiger partial charge in [-0.3, -0.25) is 23.3 Å². The summed E-state index contributed by atoms with van der Waals surface area (Å²) in [5, 5.41) is 18.1. The molecule has 0 fully saturated rings. The first-order valence-corrected chi connectivity index (χ1v) is 13.6. The predicted molar refractivity (Wildman–Crippen MR) is 150 cm³/mol. The minimum Gasteiger partial charge on any atom is -0.396 e. The molecule has 0 radical (unpaired) electrons. The molecule has 5 rings (SSSR count). The predicted octanol–water partition coefficient (Wildman–Crippen LogP) is 4.72. The van der Waals surface area contributed by atoms with E-state index in [1.165, 1.54) is 0 Å². The van der Waals surface area contributed by atoms with E-state index in [-0.39, 0.29) is 18.2 Å². The molecule has 0 saturated carbocycles. The summed E-state index contributed by atoms with van der Waals surface area (Å²) in [5.74, 6) is -0.275. The molecule has 9 nitrogen and oxygen atoms in total. The Morgan fingerprint density at radius 1 is 1.05 bits per heavy atom. The fourth-order valence-corrected chi connectivity index (χ4v) is 5.39. The Hall–Kier alpha value is -4.31. The molecule has 0 aliphatic heterocycles.